The Hall–Kier alpha value is -3.54. The fourth-order valence-corrected chi connectivity index (χ4v) is 3.22. The maximum Gasteiger partial charge on any atom is 0.333 e. The van der Waals surface area contributed by atoms with Crippen LogP contribution in [0.1, 0.15) is 52.7 Å². The zero-order chi connectivity index (χ0) is 24.9. The molecule has 33 heavy (non-hydrogen) atoms. The third kappa shape index (κ3) is 7.24. The van der Waals surface area contributed by atoms with Gasteiger partial charge in [0.2, 0.25) is 11.6 Å². The number of carbonyl (C=O) groups is 2. The molecule has 6 nitrogen and oxygen atoms in total. The molecule has 0 N–H and O–H groups in total. The maximum absolute atomic E-state index is 11.5. The van der Waals surface area contributed by atoms with E-state index in [4.69, 9.17) is 18.9 Å². The molecule has 0 aromatic heterocycles. The molecule has 2 rings (SSSR count). The lowest BCUT2D eigenvalue weighted by molar-refractivity contribution is -0.181. The summed E-state index contributed by atoms with van der Waals surface area (Å²) in [4.78, 5) is 22.9. The van der Waals surface area contributed by atoms with E-state index in [-0.39, 0.29) is 5.41 Å². The predicted octanol–water partition coefficient (Wildman–Crippen LogP) is 5.70. The van der Waals surface area contributed by atoms with Crippen LogP contribution in [0.4, 0.5) is 0 Å². The van der Waals surface area contributed by atoms with Crippen molar-refractivity contribution in [3.8, 4) is 11.5 Å². The molecule has 0 radical (unpaired) electrons. The molecular formula is C27H32O6. The first-order valence-electron chi connectivity index (χ1n) is 10.6. The summed E-state index contributed by atoms with van der Waals surface area (Å²) in [5.74, 6) is -2.18. The number of hydrogen-bond donors (Lipinski definition) is 0. The first-order chi connectivity index (χ1) is 15.3. The minimum absolute atomic E-state index is 0.299. The highest BCUT2D eigenvalue weighted by Crippen LogP contribution is 2.34. The Morgan fingerprint density at radius 2 is 0.939 bits per heavy atom. The summed E-state index contributed by atoms with van der Waals surface area (Å²) in [5.41, 5.74) is 1.85. The van der Waals surface area contributed by atoms with Crippen LogP contribution in [0.25, 0.3) is 0 Å². The molecule has 0 fully saturated rings. The molecular weight excluding hydrogens is 420 g/mol. The molecule has 0 spiro atoms. The van der Waals surface area contributed by atoms with Gasteiger partial charge in [0.15, 0.2) is 0 Å². The van der Waals surface area contributed by atoms with Crippen LogP contribution >= 0.6 is 0 Å². The normalized spacial score (nSPS) is 11.8. The van der Waals surface area contributed by atoms with E-state index in [0.29, 0.717) is 11.5 Å². The highest BCUT2D eigenvalue weighted by Gasteiger charge is 2.27. The third-order valence-electron chi connectivity index (χ3n) is 4.91. The molecule has 0 amide bonds. The Kier molecular flexibility index (Phi) is 7.75. The quantitative estimate of drug-likeness (QED) is 0.262. The van der Waals surface area contributed by atoms with Gasteiger partial charge in [-0.05, 0) is 35.4 Å². The zero-order valence-corrected chi connectivity index (χ0v) is 20.1. The van der Waals surface area contributed by atoms with E-state index in [1.165, 1.54) is 0 Å². The molecule has 2 aromatic carbocycles. The van der Waals surface area contributed by atoms with E-state index in [2.05, 4.69) is 27.0 Å². The number of ether oxygens (including phenoxy) is 4. The molecule has 6 heteroatoms. The molecule has 0 aliphatic carbocycles. The van der Waals surface area contributed by atoms with Gasteiger partial charge >= 0.3 is 11.9 Å². The van der Waals surface area contributed by atoms with Crippen LogP contribution < -0.4 is 9.47 Å². The van der Waals surface area contributed by atoms with Crippen molar-refractivity contribution in [1.29, 1.82) is 0 Å². The molecule has 0 heterocycles. The number of benzene rings is 2. The topological polar surface area (TPSA) is 71.1 Å². The Bertz CT molecular complexity index is 916. The van der Waals surface area contributed by atoms with Crippen molar-refractivity contribution in [3.63, 3.8) is 0 Å². The number of esters is 2. The molecule has 0 aliphatic rings. The number of rotatable bonds is 10. The monoisotopic (exact) mass is 452 g/mol. The van der Waals surface area contributed by atoms with Crippen LogP contribution in [-0.2, 0) is 24.5 Å². The van der Waals surface area contributed by atoms with Gasteiger partial charge in [-0.2, -0.15) is 0 Å². The van der Waals surface area contributed by atoms with Crippen LogP contribution in [0, 0.1) is 0 Å². The smallest absolute Gasteiger partial charge is 0.333 e. The fourth-order valence-electron chi connectivity index (χ4n) is 3.22. The van der Waals surface area contributed by atoms with Crippen LogP contribution in [0.3, 0.4) is 0 Å². The van der Waals surface area contributed by atoms with Crippen molar-refractivity contribution in [2.24, 2.45) is 0 Å². The number of carbonyl (C=O) groups excluding carboxylic acids is 2. The molecule has 0 saturated heterocycles. The van der Waals surface area contributed by atoms with Gasteiger partial charge in [0.1, 0.15) is 11.5 Å². The van der Waals surface area contributed by atoms with E-state index >= 15 is 0 Å². The second-order valence-corrected chi connectivity index (χ2v) is 8.93. The SMILES string of the molecule is C=CC(=O)OC(C)(C)Oc1ccc(C(C)(C)c2ccc(OC(C)(C)OC(=O)C=C)cc2)cc1. The van der Waals surface area contributed by atoms with Crippen LogP contribution in [0.15, 0.2) is 73.8 Å². The molecule has 0 bridgehead atoms. The van der Waals surface area contributed by atoms with Gasteiger partial charge in [0.05, 0.1) is 0 Å². The average molecular weight is 453 g/mol. The first kappa shape index (κ1) is 25.7. The zero-order valence-electron chi connectivity index (χ0n) is 20.1. The lowest BCUT2D eigenvalue weighted by Gasteiger charge is -2.29. The molecule has 0 atom stereocenters. The maximum atomic E-state index is 11.5. The van der Waals surface area contributed by atoms with Crippen molar-refractivity contribution in [2.45, 2.75) is 58.5 Å². The van der Waals surface area contributed by atoms with Crippen molar-refractivity contribution in [1.82, 2.24) is 0 Å². The highest BCUT2D eigenvalue weighted by atomic mass is 16.7. The lowest BCUT2D eigenvalue weighted by Crippen LogP contribution is -2.34. The second-order valence-electron chi connectivity index (χ2n) is 8.93. The lowest BCUT2D eigenvalue weighted by atomic mass is 9.78. The standard InChI is InChI=1S/C27H32O6/c1-9-23(28)32-26(5,6)30-21-15-11-19(12-16-21)25(3,4)20-13-17-22(18-14-20)31-27(7,8)33-24(29)10-2/h9-18H,1-2H2,3-8H3. The molecule has 0 saturated carbocycles. The number of hydrogen-bond acceptors (Lipinski definition) is 6. The summed E-state index contributed by atoms with van der Waals surface area (Å²) in [6, 6.07) is 15.3. The summed E-state index contributed by atoms with van der Waals surface area (Å²) in [5, 5.41) is 0. The highest BCUT2D eigenvalue weighted by molar-refractivity contribution is 5.81. The van der Waals surface area contributed by atoms with E-state index in [0.717, 1.165) is 23.3 Å². The molecule has 0 unspecified atom stereocenters. The van der Waals surface area contributed by atoms with E-state index in [1.54, 1.807) is 27.7 Å². The minimum atomic E-state index is -1.12. The van der Waals surface area contributed by atoms with Gasteiger partial charge in [-0.3, -0.25) is 0 Å². The van der Waals surface area contributed by atoms with Crippen LogP contribution in [0.5, 0.6) is 11.5 Å². The van der Waals surface area contributed by atoms with E-state index < -0.39 is 23.5 Å². The van der Waals surface area contributed by atoms with E-state index in [9.17, 15) is 9.59 Å². The Morgan fingerprint density at radius 1 is 0.636 bits per heavy atom. The summed E-state index contributed by atoms with van der Waals surface area (Å²) in [6.07, 6.45) is 2.20. The molecule has 0 aliphatic heterocycles. The Labute approximate surface area is 195 Å². The minimum Gasteiger partial charge on any atom is -0.453 e. The van der Waals surface area contributed by atoms with Gasteiger partial charge in [-0.25, -0.2) is 9.59 Å². The molecule has 2 aromatic rings. The summed E-state index contributed by atoms with van der Waals surface area (Å²) in [6.45, 7) is 17.7. The van der Waals surface area contributed by atoms with Gasteiger partial charge in [0.25, 0.3) is 0 Å². The fraction of sp³-hybridized carbons (Fsp3) is 0.333. The van der Waals surface area contributed by atoms with Crippen molar-refractivity contribution in [3.05, 3.63) is 85.0 Å². The first-order valence-corrected chi connectivity index (χ1v) is 10.6. The predicted molar refractivity (Wildman–Crippen MR) is 127 cm³/mol. The summed E-state index contributed by atoms with van der Waals surface area (Å²) < 4.78 is 22.0. The van der Waals surface area contributed by atoms with Crippen molar-refractivity contribution < 1.29 is 28.5 Å². The van der Waals surface area contributed by atoms with Crippen LogP contribution in [-0.4, -0.2) is 23.5 Å². The van der Waals surface area contributed by atoms with Gasteiger partial charge in [0, 0.05) is 45.3 Å². The second kappa shape index (κ2) is 9.94. The third-order valence-corrected chi connectivity index (χ3v) is 4.91. The van der Waals surface area contributed by atoms with Crippen molar-refractivity contribution in [2.75, 3.05) is 0 Å². The summed E-state index contributed by atoms with van der Waals surface area (Å²) >= 11 is 0. The largest absolute Gasteiger partial charge is 0.453 e. The van der Waals surface area contributed by atoms with Crippen molar-refractivity contribution >= 4 is 11.9 Å². The van der Waals surface area contributed by atoms with Gasteiger partial charge in [-0.15, -0.1) is 0 Å². The average Bonchev–Trinajstić information content (AvgIpc) is 2.73. The molecule has 176 valence electrons. The van der Waals surface area contributed by atoms with Gasteiger partial charge < -0.3 is 18.9 Å². The van der Waals surface area contributed by atoms with E-state index in [1.807, 2.05) is 48.5 Å². The van der Waals surface area contributed by atoms with Crippen LogP contribution in [0.2, 0.25) is 0 Å². The Morgan fingerprint density at radius 3 is 1.21 bits per heavy atom. The van der Waals surface area contributed by atoms with Gasteiger partial charge in [-0.1, -0.05) is 51.3 Å². The summed E-state index contributed by atoms with van der Waals surface area (Å²) in [7, 11) is 0. The Balaban J connectivity index is 2.13.